The fraction of sp³-hybridized carbons (Fsp3) is 0.150. The molecule has 0 aromatic carbocycles. The van der Waals surface area contributed by atoms with Crippen LogP contribution in [0.25, 0.3) is 21.5 Å². The summed E-state index contributed by atoms with van der Waals surface area (Å²) in [5.41, 5.74) is 1.59. The lowest BCUT2D eigenvalue weighted by Gasteiger charge is -2.09. The molecule has 0 unspecified atom stereocenters. The molecular formula is C20H17N5O6S. The molecule has 0 spiro atoms. The Bertz CT molecular complexity index is 1170. The van der Waals surface area contributed by atoms with Crippen LogP contribution in [0.1, 0.15) is 16.9 Å². The van der Waals surface area contributed by atoms with E-state index in [0.717, 1.165) is 21.5 Å². The van der Waals surface area contributed by atoms with E-state index in [1.54, 1.807) is 24.7 Å². The first kappa shape index (κ1) is 22.5. The van der Waals surface area contributed by atoms with Crippen molar-refractivity contribution >= 4 is 34.0 Å². The maximum atomic E-state index is 10.8. The van der Waals surface area contributed by atoms with Gasteiger partial charge in [-0.15, -0.1) is 11.3 Å². The second-order valence-electron chi connectivity index (χ2n) is 5.94. The number of carboxylic acid groups (broad SMARTS) is 2. The molecule has 0 aliphatic carbocycles. The third-order valence-electron chi connectivity index (χ3n) is 3.93. The number of ether oxygens (including phenoxy) is 2. The van der Waals surface area contributed by atoms with Gasteiger partial charge in [-0.05, 0) is 12.1 Å². The number of hydrogen-bond acceptors (Lipinski definition) is 10. The first-order valence-corrected chi connectivity index (χ1v) is 10.0. The fourth-order valence-electron chi connectivity index (χ4n) is 2.59. The van der Waals surface area contributed by atoms with Crippen molar-refractivity contribution in [3.8, 4) is 22.9 Å². The van der Waals surface area contributed by atoms with Crippen molar-refractivity contribution in [2.75, 3.05) is 13.2 Å². The summed E-state index contributed by atoms with van der Waals surface area (Å²) in [7, 11) is 0. The standard InChI is InChI=1S/C19H15N5O4S.CH2O2/c25-19(26)14-3-2-12(8-22-14)27-6-1-7-28-17-16-13(15-9-20-4-5-21-15)10-29-18(16)24-11-23-17;2-1-3/h2-5,8-11H,1,6-7H2,(H,25,26);1H,(H,2,3). The summed E-state index contributed by atoms with van der Waals surface area (Å²) >= 11 is 1.49. The topological polar surface area (TPSA) is 158 Å². The number of fused-ring (bicyclic) bond motifs is 1. The van der Waals surface area contributed by atoms with Crippen LogP contribution in [0.5, 0.6) is 11.6 Å². The van der Waals surface area contributed by atoms with Gasteiger partial charge in [-0.3, -0.25) is 14.8 Å². The van der Waals surface area contributed by atoms with E-state index in [1.807, 2.05) is 5.38 Å². The Labute approximate surface area is 185 Å². The van der Waals surface area contributed by atoms with Gasteiger partial charge < -0.3 is 19.7 Å². The van der Waals surface area contributed by atoms with Crippen molar-refractivity contribution in [1.29, 1.82) is 0 Å². The minimum atomic E-state index is -1.07. The SMILES string of the molecule is O=C(O)c1ccc(OCCCOc2ncnc3scc(-c4cnccn4)c23)cn1.O=CO. The molecule has 0 saturated carbocycles. The highest BCUT2D eigenvalue weighted by Crippen LogP contribution is 2.36. The van der Waals surface area contributed by atoms with Crippen LogP contribution < -0.4 is 9.47 Å². The average molecular weight is 455 g/mol. The van der Waals surface area contributed by atoms with E-state index in [1.165, 1.54) is 29.9 Å². The third-order valence-corrected chi connectivity index (χ3v) is 4.81. The number of hydrogen-bond donors (Lipinski definition) is 2. The lowest BCUT2D eigenvalue weighted by molar-refractivity contribution is -0.122. The Balaban J connectivity index is 0.000000913. The molecule has 4 heterocycles. The molecule has 0 amide bonds. The van der Waals surface area contributed by atoms with Crippen LogP contribution in [0.4, 0.5) is 0 Å². The van der Waals surface area contributed by atoms with Crippen molar-refractivity contribution in [2.45, 2.75) is 6.42 Å². The zero-order valence-electron chi connectivity index (χ0n) is 16.5. The lowest BCUT2D eigenvalue weighted by Crippen LogP contribution is -2.07. The maximum absolute atomic E-state index is 10.8. The van der Waals surface area contributed by atoms with Crippen LogP contribution in [-0.2, 0) is 4.79 Å². The molecule has 2 N–H and O–H groups in total. The number of aromatic nitrogens is 5. The molecule has 0 fully saturated rings. The largest absolute Gasteiger partial charge is 0.492 e. The summed E-state index contributed by atoms with van der Waals surface area (Å²) in [6, 6.07) is 2.97. The predicted octanol–water partition coefficient (Wildman–Crippen LogP) is 2.79. The van der Waals surface area contributed by atoms with Gasteiger partial charge in [-0.25, -0.2) is 19.7 Å². The maximum Gasteiger partial charge on any atom is 0.354 e. The highest BCUT2D eigenvalue weighted by atomic mass is 32.1. The summed E-state index contributed by atoms with van der Waals surface area (Å²) in [5, 5.41) is 18.5. The molecule has 4 aromatic rings. The number of thiophene rings is 1. The van der Waals surface area contributed by atoms with E-state index < -0.39 is 5.97 Å². The van der Waals surface area contributed by atoms with Crippen LogP contribution in [-0.4, -0.2) is 60.8 Å². The van der Waals surface area contributed by atoms with Gasteiger partial charge in [0, 0.05) is 29.8 Å². The molecule has 0 aliphatic heterocycles. The molecule has 0 radical (unpaired) electrons. The zero-order valence-corrected chi connectivity index (χ0v) is 17.3. The Kier molecular flexibility index (Phi) is 7.92. The predicted molar refractivity (Wildman–Crippen MR) is 114 cm³/mol. The Morgan fingerprint density at radius 3 is 2.56 bits per heavy atom. The van der Waals surface area contributed by atoms with Gasteiger partial charge in [0.1, 0.15) is 22.6 Å². The van der Waals surface area contributed by atoms with Crippen molar-refractivity contribution in [2.24, 2.45) is 0 Å². The van der Waals surface area contributed by atoms with E-state index in [0.29, 0.717) is 31.3 Å². The molecule has 0 atom stereocenters. The van der Waals surface area contributed by atoms with Crippen LogP contribution in [0.3, 0.4) is 0 Å². The molecular weight excluding hydrogens is 438 g/mol. The molecule has 164 valence electrons. The van der Waals surface area contributed by atoms with E-state index in [9.17, 15) is 4.79 Å². The average Bonchev–Trinajstić information content (AvgIpc) is 3.25. The smallest absolute Gasteiger partial charge is 0.354 e. The van der Waals surface area contributed by atoms with Gasteiger partial charge in [0.05, 0.1) is 36.7 Å². The summed E-state index contributed by atoms with van der Waals surface area (Å²) in [5.74, 6) is -0.0815. The number of carboxylic acids is 1. The highest BCUT2D eigenvalue weighted by Gasteiger charge is 2.15. The minimum Gasteiger partial charge on any atom is -0.492 e. The molecule has 11 nitrogen and oxygen atoms in total. The Morgan fingerprint density at radius 1 is 1.06 bits per heavy atom. The van der Waals surface area contributed by atoms with Crippen LogP contribution in [0, 0.1) is 0 Å². The third kappa shape index (κ3) is 5.70. The second kappa shape index (κ2) is 11.3. The van der Waals surface area contributed by atoms with Gasteiger partial charge >= 0.3 is 5.97 Å². The number of carbonyl (C=O) groups is 2. The molecule has 0 aliphatic rings. The van der Waals surface area contributed by atoms with Gasteiger partial charge in [0.2, 0.25) is 5.88 Å². The van der Waals surface area contributed by atoms with Gasteiger partial charge in [0.15, 0.2) is 0 Å². The van der Waals surface area contributed by atoms with E-state index in [2.05, 4.69) is 24.9 Å². The number of rotatable bonds is 8. The van der Waals surface area contributed by atoms with Crippen molar-refractivity contribution in [3.63, 3.8) is 0 Å². The van der Waals surface area contributed by atoms with Gasteiger partial charge in [-0.2, -0.15) is 0 Å². The molecule has 4 rings (SSSR count). The van der Waals surface area contributed by atoms with E-state index >= 15 is 0 Å². The molecule has 32 heavy (non-hydrogen) atoms. The normalized spacial score (nSPS) is 10.1. The number of pyridine rings is 1. The monoisotopic (exact) mass is 455 g/mol. The van der Waals surface area contributed by atoms with Crippen LogP contribution in [0.15, 0.2) is 48.6 Å². The second-order valence-corrected chi connectivity index (χ2v) is 6.80. The zero-order chi connectivity index (χ0) is 22.8. The highest BCUT2D eigenvalue weighted by molar-refractivity contribution is 7.17. The first-order valence-electron chi connectivity index (χ1n) is 9.15. The summed E-state index contributed by atoms with van der Waals surface area (Å²) < 4.78 is 11.4. The fourth-order valence-corrected chi connectivity index (χ4v) is 3.48. The van der Waals surface area contributed by atoms with E-state index in [4.69, 9.17) is 24.5 Å². The lowest BCUT2D eigenvalue weighted by atomic mass is 10.2. The van der Waals surface area contributed by atoms with Crippen LogP contribution in [0.2, 0.25) is 0 Å². The molecule has 0 bridgehead atoms. The Morgan fingerprint density at radius 2 is 1.88 bits per heavy atom. The van der Waals surface area contributed by atoms with Gasteiger partial charge in [0.25, 0.3) is 6.47 Å². The quantitative estimate of drug-likeness (QED) is 0.297. The van der Waals surface area contributed by atoms with Crippen molar-refractivity contribution in [3.05, 3.63) is 54.3 Å². The summed E-state index contributed by atoms with van der Waals surface area (Å²) in [4.78, 5) is 40.8. The Hall–Kier alpha value is -4.19. The molecule has 0 saturated heterocycles. The minimum absolute atomic E-state index is 0.0249. The van der Waals surface area contributed by atoms with Crippen LogP contribution >= 0.6 is 11.3 Å². The van der Waals surface area contributed by atoms with Crippen molar-refractivity contribution < 1.29 is 29.3 Å². The first-order chi connectivity index (χ1) is 15.6. The summed E-state index contributed by atoms with van der Waals surface area (Å²) in [6.07, 6.45) is 8.42. The molecule has 12 heteroatoms. The molecule has 4 aromatic heterocycles. The number of aromatic carboxylic acids is 1. The van der Waals surface area contributed by atoms with Crippen molar-refractivity contribution in [1.82, 2.24) is 24.9 Å². The number of nitrogens with zero attached hydrogens (tertiary/aromatic N) is 5. The van der Waals surface area contributed by atoms with Gasteiger partial charge in [-0.1, -0.05) is 0 Å². The van der Waals surface area contributed by atoms with E-state index in [-0.39, 0.29) is 12.2 Å². The summed E-state index contributed by atoms with van der Waals surface area (Å²) in [6.45, 7) is 0.533.